The van der Waals surface area contributed by atoms with Gasteiger partial charge < -0.3 is 19.1 Å². The molecule has 1 aliphatic rings. The monoisotopic (exact) mass is 241 g/mol. The molecule has 0 N–H and O–H groups in total. The molecular formula is C12H19NO4. The van der Waals surface area contributed by atoms with Gasteiger partial charge in [-0.1, -0.05) is 6.58 Å². The molecule has 0 aliphatic carbocycles. The standard InChI is InChI=1S/C12H19NO4/c1-10(2)12(14)16-7-6-15-5-4-13-8-11(3)17-9-13/h8H,1,4-7,9H2,2-3H3. The van der Waals surface area contributed by atoms with Crippen LogP contribution >= 0.6 is 0 Å². The van der Waals surface area contributed by atoms with Crippen LogP contribution in [0.3, 0.4) is 0 Å². The van der Waals surface area contributed by atoms with E-state index in [-0.39, 0.29) is 12.6 Å². The third kappa shape index (κ3) is 5.40. The van der Waals surface area contributed by atoms with Crippen molar-refractivity contribution in [2.24, 2.45) is 0 Å². The lowest BCUT2D eigenvalue weighted by Crippen LogP contribution is -2.21. The quantitative estimate of drug-likeness (QED) is 0.381. The van der Waals surface area contributed by atoms with Gasteiger partial charge in [-0.25, -0.2) is 4.79 Å². The molecule has 0 radical (unpaired) electrons. The number of ether oxygens (including phenoxy) is 3. The van der Waals surface area contributed by atoms with Crippen LogP contribution in [0.5, 0.6) is 0 Å². The van der Waals surface area contributed by atoms with Gasteiger partial charge in [-0.05, 0) is 13.8 Å². The minimum absolute atomic E-state index is 0.261. The summed E-state index contributed by atoms with van der Waals surface area (Å²) in [6, 6.07) is 0. The number of carbonyl (C=O) groups excluding carboxylic acids is 1. The van der Waals surface area contributed by atoms with Crippen LogP contribution < -0.4 is 0 Å². The lowest BCUT2D eigenvalue weighted by Gasteiger charge is -2.13. The first-order valence-electron chi connectivity index (χ1n) is 5.55. The summed E-state index contributed by atoms with van der Waals surface area (Å²) in [6.45, 7) is 9.61. The van der Waals surface area contributed by atoms with E-state index in [1.54, 1.807) is 6.92 Å². The van der Waals surface area contributed by atoms with Crippen molar-refractivity contribution in [2.45, 2.75) is 13.8 Å². The van der Waals surface area contributed by atoms with Crippen LogP contribution in [-0.4, -0.2) is 44.0 Å². The van der Waals surface area contributed by atoms with E-state index in [2.05, 4.69) is 6.58 Å². The van der Waals surface area contributed by atoms with E-state index in [4.69, 9.17) is 14.2 Å². The Balaban J connectivity index is 1.95. The Morgan fingerprint density at radius 3 is 2.88 bits per heavy atom. The number of nitrogens with zero attached hydrogens (tertiary/aromatic N) is 1. The molecule has 0 saturated carbocycles. The highest BCUT2D eigenvalue weighted by Gasteiger charge is 2.08. The predicted molar refractivity (Wildman–Crippen MR) is 63.0 cm³/mol. The molecule has 0 aromatic carbocycles. The minimum atomic E-state index is -0.375. The van der Waals surface area contributed by atoms with Crippen LogP contribution in [0.4, 0.5) is 0 Å². The summed E-state index contributed by atoms with van der Waals surface area (Å²) < 4.78 is 15.5. The molecule has 0 saturated heterocycles. The Kier molecular flexibility index (Phi) is 5.56. The topological polar surface area (TPSA) is 48.0 Å². The van der Waals surface area contributed by atoms with Gasteiger partial charge in [-0.15, -0.1) is 0 Å². The van der Waals surface area contributed by atoms with Crippen molar-refractivity contribution in [3.63, 3.8) is 0 Å². The van der Waals surface area contributed by atoms with E-state index < -0.39 is 0 Å². The number of hydrogen-bond donors (Lipinski definition) is 0. The molecule has 0 atom stereocenters. The second-order valence-electron chi connectivity index (χ2n) is 3.85. The average molecular weight is 241 g/mol. The number of rotatable bonds is 7. The van der Waals surface area contributed by atoms with Gasteiger partial charge >= 0.3 is 5.97 Å². The fourth-order valence-corrected chi connectivity index (χ4v) is 1.25. The van der Waals surface area contributed by atoms with Crippen molar-refractivity contribution in [1.29, 1.82) is 0 Å². The van der Waals surface area contributed by atoms with Crippen LogP contribution in [0, 0.1) is 0 Å². The molecule has 0 amide bonds. The molecule has 0 aromatic rings. The average Bonchev–Trinajstić information content (AvgIpc) is 2.68. The largest absolute Gasteiger partial charge is 0.476 e. The van der Waals surface area contributed by atoms with E-state index in [1.165, 1.54) is 0 Å². The van der Waals surface area contributed by atoms with Crippen LogP contribution in [0.2, 0.25) is 0 Å². The maximum Gasteiger partial charge on any atom is 0.333 e. The Labute approximate surface area is 102 Å². The molecule has 96 valence electrons. The van der Waals surface area contributed by atoms with Crippen molar-refractivity contribution >= 4 is 5.97 Å². The van der Waals surface area contributed by atoms with Gasteiger partial charge in [0.1, 0.15) is 12.4 Å². The maximum absolute atomic E-state index is 11.0. The molecule has 0 aromatic heterocycles. The van der Waals surface area contributed by atoms with Gasteiger partial charge in [-0.3, -0.25) is 0 Å². The first kappa shape index (κ1) is 13.6. The van der Waals surface area contributed by atoms with Gasteiger partial charge in [0.15, 0.2) is 6.73 Å². The van der Waals surface area contributed by atoms with Crippen LogP contribution in [0.1, 0.15) is 13.8 Å². The summed E-state index contributed by atoms with van der Waals surface area (Å²) in [5.74, 6) is 0.542. The fraction of sp³-hybridized carbons (Fsp3) is 0.583. The lowest BCUT2D eigenvalue weighted by atomic mass is 10.4. The molecule has 5 nitrogen and oxygen atoms in total. The maximum atomic E-state index is 11.0. The molecule has 1 aliphatic heterocycles. The summed E-state index contributed by atoms with van der Waals surface area (Å²) in [7, 11) is 0. The van der Waals surface area contributed by atoms with Gasteiger partial charge in [0.05, 0.1) is 13.2 Å². The molecule has 0 fully saturated rings. The Bertz CT molecular complexity index is 312. The molecule has 0 unspecified atom stereocenters. The number of allylic oxidation sites excluding steroid dienone is 1. The zero-order valence-corrected chi connectivity index (χ0v) is 10.4. The predicted octanol–water partition coefficient (Wildman–Crippen LogP) is 1.27. The van der Waals surface area contributed by atoms with E-state index >= 15 is 0 Å². The SMILES string of the molecule is C=C(C)C(=O)OCCOCCN1C=C(C)OC1. The van der Waals surface area contributed by atoms with E-state index in [1.807, 2.05) is 18.0 Å². The van der Waals surface area contributed by atoms with Crippen LogP contribution in [-0.2, 0) is 19.0 Å². The highest BCUT2D eigenvalue weighted by molar-refractivity contribution is 5.86. The van der Waals surface area contributed by atoms with Gasteiger partial charge in [0.25, 0.3) is 0 Å². The summed E-state index contributed by atoms with van der Waals surface area (Å²) in [5.41, 5.74) is 0.403. The highest BCUT2D eigenvalue weighted by atomic mass is 16.6. The van der Waals surface area contributed by atoms with Gasteiger partial charge in [0, 0.05) is 18.3 Å². The molecule has 1 heterocycles. The van der Waals surface area contributed by atoms with Crippen LogP contribution in [0.25, 0.3) is 0 Å². The third-order valence-electron chi connectivity index (χ3n) is 2.15. The number of hydrogen-bond acceptors (Lipinski definition) is 5. The second kappa shape index (κ2) is 6.96. The summed E-state index contributed by atoms with van der Waals surface area (Å²) in [6.07, 6.45) is 1.95. The molecular weight excluding hydrogens is 222 g/mol. The smallest absolute Gasteiger partial charge is 0.333 e. The summed E-state index contributed by atoms with van der Waals surface area (Å²) >= 11 is 0. The Morgan fingerprint density at radius 2 is 2.29 bits per heavy atom. The van der Waals surface area contributed by atoms with Crippen molar-refractivity contribution in [1.82, 2.24) is 4.90 Å². The van der Waals surface area contributed by atoms with E-state index in [0.717, 1.165) is 12.3 Å². The van der Waals surface area contributed by atoms with Crippen LogP contribution in [0.15, 0.2) is 24.1 Å². The third-order valence-corrected chi connectivity index (χ3v) is 2.15. The second-order valence-corrected chi connectivity index (χ2v) is 3.85. The fourth-order valence-electron chi connectivity index (χ4n) is 1.25. The minimum Gasteiger partial charge on any atom is -0.476 e. The van der Waals surface area contributed by atoms with E-state index in [9.17, 15) is 4.79 Å². The van der Waals surface area contributed by atoms with Crippen molar-refractivity contribution in [2.75, 3.05) is 33.1 Å². The Morgan fingerprint density at radius 1 is 1.53 bits per heavy atom. The molecule has 17 heavy (non-hydrogen) atoms. The van der Waals surface area contributed by atoms with Crippen molar-refractivity contribution < 1.29 is 19.0 Å². The highest BCUT2D eigenvalue weighted by Crippen LogP contribution is 2.08. The zero-order valence-electron chi connectivity index (χ0n) is 10.4. The first-order valence-corrected chi connectivity index (χ1v) is 5.55. The summed E-state index contributed by atoms with van der Waals surface area (Å²) in [5, 5.41) is 0. The molecule has 5 heteroatoms. The molecule has 0 spiro atoms. The van der Waals surface area contributed by atoms with Crippen molar-refractivity contribution in [3.05, 3.63) is 24.1 Å². The molecule has 0 bridgehead atoms. The zero-order chi connectivity index (χ0) is 12.7. The van der Waals surface area contributed by atoms with E-state index in [0.29, 0.717) is 25.5 Å². The summed E-state index contributed by atoms with van der Waals surface area (Å²) in [4.78, 5) is 13.0. The molecule has 1 rings (SSSR count). The van der Waals surface area contributed by atoms with Gasteiger partial charge in [0.2, 0.25) is 0 Å². The Hall–Kier alpha value is -1.49. The normalized spacial score (nSPS) is 14.2. The number of esters is 1. The lowest BCUT2D eigenvalue weighted by molar-refractivity contribution is -0.140. The first-order chi connectivity index (χ1) is 8.09. The van der Waals surface area contributed by atoms with Crippen molar-refractivity contribution in [3.8, 4) is 0 Å². The van der Waals surface area contributed by atoms with Gasteiger partial charge in [-0.2, -0.15) is 0 Å². The number of carbonyl (C=O) groups is 1.